The van der Waals surface area contributed by atoms with E-state index in [1.165, 1.54) is 12.8 Å². The van der Waals surface area contributed by atoms with E-state index in [0.29, 0.717) is 12.2 Å². The van der Waals surface area contributed by atoms with E-state index in [1.54, 1.807) is 6.20 Å². The zero-order chi connectivity index (χ0) is 17.3. The molecule has 1 amide bonds. The summed E-state index contributed by atoms with van der Waals surface area (Å²) in [4.78, 5) is 19.2. The molecule has 0 bridgehead atoms. The maximum absolute atomic E-state index is 12.9. The first-order chi connectivity index (χ1) is 12.2. The van der Waals surface area contributed by atoms with E-state index in [4.69, 9.17) is 9.47 Å². The van der Waals surface area contributed by atoms with Gasteiger partial charge in [0.05, 0.1) is 18.3 Å². The summed E-state index contributed by atoms with van der Waals surface area (Å²) < 4.78 is 12.2. The zero-order valence-electron chi connectivity index (χ0n) is 15.1. The molecule has 25 heavy (non-hydrogen) atoms. The summed E-state index contributed by atoms with van der Waals surface area (Å²) in [7, 11) is 0. The number of aryl methyl sites for hydroxylation is 1. The second-order valence-electron chi connectivity index (χ2n) is 7.99. The normalized spacial score (nSPS) is 29.3. The standard InChI is InChI=1S/C20H28N2O3/c1-15-3-6-17(11-21-15)19(23)22-9-7-18-20(13-22,8-2-10-25-18)14-24-12-16-4-5-16/h3,6,11,16,18H,2,4-5,7-10,12-14H2,1H3/t18-,20-/m0/s1. The summed E-state index contributed by atoms with van der Waals surface area (Å²) in [5, 5.41) is 0. The predicted molar refractivity (Wildman–Crippen MR) is 94.4 cm³/mol. The van der Waals surface area contributed by atoms with Crippen LogP contribution < -0.4 is 0 Å². The van der Waals surface area contributed by atoms with Crippen molar-refractivity contribution in [2.24, 2.45) is 11.3 Å². The molecule has 1 saturated carbocycles. The van der Waals surface area contributed by atoms with E-state index >= 15 is 0 Å². The highest BCUT2D eigenvalue weighted by molar-refractivity contribution is 5.94. The fourth-order valence-electron chi connectivity index (χ4n) is 4.16. The first kappa shape index (κ1) is 17.0. The molecule has 5 nitrogen and oxygen atoms in total. The van der Waals surface area contributed by atoms with E-state index in [1.807, 2.05) is 24.0 Å². The fraction of sp³-hybridized carbons (Fsp3) is 0.700. The van der Waals surface area contributed by atoms with Crippen LogP contribution in [0.15, 0.2) is 18.3 Å². The van der Waals surface area contributed by atoms with E-state index in [9.17, 15) is 4.79 Å². The molecule has 0 radical (unpaired) electrons. The van der Waals surface area contributed by atoms with Crippen LogP contribution in [-0.2, 0) is 9.47 Å². The second kappa shape index (κ2) is 7.04. The SMILES string of the molecule is Cc1ccc(C(=O)N2CC[C@@H]3OCCC[C@@]3(COCC3CC3)C2)cn1. The van der Waals surface area contributed by atoms with Crippen molar-refractivity contribution in [3.63, 3.8) is 0 Å². The van der Waals surface area contributed by atoms with Gasteiger partial charge in [0, 0.05) is 43.6 Å². The van der Waals surface area contributed by atoms with Crippen LogP contribution in [0.3, 0.4) is 0 Å². The minimum Gasteiger partial charge on any atom is -0.380 e. The Morgan fingerprint density at radius 1 is 1.40 bits per heavy atom. The lowest BCUT2D eigenvalue weighted by Crippen LogP contribution is -2.58. The van der Waals surface area contributed by atoms with Gasteiger partial charge in [-0.05, 0) is 57.1 Å². The number of amides is 1. The molecule has 1 aromatic heterocycles. The van der Waals surface area contributed by atoms with E-state index < -0.39 is 0 Å². The third-order valence-corrected chi connectivity index (χ3v) is 5.87. The summed E-state index contributed by atoms with van der Waals surface area (Å²) in [6, 6.07) is 3.78. The zero-order valence-corrected chi connectivity index (χ0v) is 15.1. The largest absolute Gasteiger partial charge is 0.380 e. The Kier molecular flexibility index (Phi) is 4.78. The number of carbonyl (C=O) groups excluding carboxylic acids is 1. The number of hydrogen-bond donors (Lipinski definition) is 0. The highest BCUT2D eigenvalue weighted by atomic mass is 16.5. The van der Waals surface area contributed by atoms with Gasteiger partial charge >= 0.3 is 0 Å². The topological polar surface area (TPSA) is 51.7 Å². The molecule has 2 aliphatic heterocycles. The van der Waals surface area contributed by atoms with E-state index in [0.717, 1.165) is 57.2 Å². The lowest BCUT2D eigenvalue weighted by atomic mass is 9.73. The van der Waals surface area contributed by atoms with Crippen LogP contribution in [-0.4, -0.2) is 54.8 Å². The number of likely N-dealkylation sites (tertiary alicyclic amines) is 1. The lowest BCUT2D eigenvalue weighted by molar-refractivity contribution is -0.147. The molecule has 3 heterocycles. The van der Waals surface area contributed by atoms with Crippen LogP contribution in [0.4, 0.5) is 0 Å². The Morgan fingerprint density at radius 3 is 3.04 bits per heavy atom. The van der Waals surface area contributed by atoms with Crippen molar-refractivity contribution in [1.82, 2.24) is 9.88 Å². The number of piperidine rings is 1. The maximum Gasteiger partial charge on any atom is 0.255 e. The van der Waals surface area contributed by atoms with Gasteiger partial charge in [-0.15, -0.1) is 0 Å². The van der Waals surface area contributed by atoms with Crippen LogP contribution in [0.2, 0.25) is 0 Å². The van der Waals surface area contributed by atoms with Gasteiger partial charge in [0.2, 0.25) is 0 Å². The summed E-state index contributed by atoms with van der Waals surface area (Å²) >= 11 is 0. The number of ether oxygens (including phenoxy) is 2. The maximum atomic E-state index is 12.9. The van der Waals surface area contributed by atoms with Gasteiger partial charge in [0.15, 0.2) is 0 Å². The number of nitrogens with zero attached hydrogens (tertiary/aromatic N) is 2. The van der Waals surface area contributed by atoms with Crippen LogP contribution in [0.25, 0.3) is 0 Å². The number of aromatic nitrogens is 1. The summed E-state index contributed by atoms with van der Waals surface area (Å²) in [6.07, 6.45) is 7.56. The van der Waals surface area contributed by atoms with Gasteiger partial charge in [-0.25, -0.2) is 0 Å². The Labute approximate surface area is 149 Å². The molecule has 0 N–H and O–H groups in total. The third-order valence-electron chi connectivity index (χ3n) is 5.87. The molecular weight excluding hydrogens is 316 g/mol. The van der Waals surface area contributed by atoms with Gasteiger partial charge in [0.1, 0.15) is 0 Å². The van der Waals surface area contributed by atoms with Gasteiger partial charge in [-0.1, -0.05) is 0 Å². The fourth-order valence-corrected chi connectivity index (χ4v) is 4.16. The first-order valence-electron chi connectivity index (χ1n) is 9.58. The monoisotopic (exact) mass is 344 g/mol. The number of fused-ring (bicyclic) bond motifs is 1. The Morgan fingerprint density at radius 2 is 2.28 bits per heavy atom. The quantitative estimate of drug-likeness (QED) is 0.824. The molecule has 136 valence electrons. The molecule has 3 fully saturated rings. The molecule has 4 rings (SSSR count). The smallest absolute Gasteiger partial charge is 0.255 e. The van der Waals surface area contributed by atoms with Gasteiger partial charge in [0.25, 0.3) is 5.91 Å². The van der Waals surface area contributed by atoms with Crippen LogP contribution in [0, 0.1) is 18.3 Å². The highest BCUT2D eigenvalue weighted by Gasteiger charge is 2.47. The summed E-state index contributed by atoms with van der Waals surface area (Å²) in [6.45, 7) is 5.83. The first-order valence-corrected chi connectivity index (χ1v) is 9.58. The molecule has 1 aliphatic carbocycles. The average Bonchev–Trinajstić information content (AvgIpc) is 3.45. The van der Waals surface area contributed by atoms with E-state index in [2.05, 4.69) is 4.98 Å². The van der Waals surface area contributed by atoms with E-state index in [-0.39, 0.29) is 17.4 Å². The van der Waals surface area contributed by atoms with Crippen LogP contribution in [0.5, 0.6) is 0 Å². The Balaban J connectivity index is 1.46. The van der Waals surface area contributed by atoms with Crippen molar-refractivity contribution < 1.29 is 14.3 Å². The van der Waals surface area contributed by atoms with Crippen LogP contribution >= 0.6 is 0 Å². The van der Waals surface area contributed by atoms with Crippen molar-refractivity contribution in [1.29, 1.82) is 0 Å². The molecule has 0 unspecified atom stereocenters. The number of carbonyl (C=O) groups is 1. The molecule has 5 heteroatoms. The molecule has 1 aromatic rings. The van der Waals surface area contributed by atoms with Crippen molar-refractivity contribution in [3.05, 3.63) is 29.6 Å². The molecule has 2 atom stereocenters. The Bertz CT molecular complexity index is 614. The van der Waals surface area contributed by atoms with Crippen molar-refractivity contribution >= 4 is 5.91 Å². The molecule has 2 saturated heterocycles. The van der Waals surface area contributed by atoms with Crippen LogP contribution in [0.1, 0.15) is 48.2 Å². The number of rotatable bonds is 5. The summed E-state index contributed by atoms with van der Waals surface area (Å²) in [5.74, 6) is 0.845. The van der Waals surface area contributed by atoms with Gasteiger partial charge in [-0.2, -0.15) is 0 Å². The van der Waals surface area contributed by atoms with Gasteiger partial charge in [-0.3, -0.25) is 9.78 Å². The predicted octanol–water partition coefficient (Wildman–Crippen LogP) is 2.83. The second-order valence-corrected chi connectivity index (χ2v) is 7.99. The minimum absolute atomic E-state index is 0.0425. The highest BCUT2D eigenvalue weighted by Crippen LogP contribution is 2.41. The molecule has 0 spiro atoms. The van der Waals surface area contributed by atoms with Crippen molar-refractivity contribution in [2.45, 2.75) is 45.1 Å². The Hall–Kier alpha value is -1.46. The number of pyridine rings is 1. The number of hydrogen-bond acceptors (Lipinski definition) is 4. The average molecular weight is 344 g/mol. The summed E-state index contributed by atoms with van der Waals surface area (Å²) in [5.41, 5.74) is 1.56. The molecular formula is C20H28N2O3. The van der Waals surface area contributed by atoms with Crippen molar-refractivity contribution in [2.75, 3.05) is 32.9 Å². The third kappa shape index (κ3) is 3.72. The lowest BCUT2D eigenvalue weighted by Gasteiger charge is -2.50. The van der Waals surface area contributed by atoms with Crippen molar-refractivity contribution in [3.8, 4) is 0 Å². The molecule has 3 aliphatic rings. The minimum atomic E-state index is -0.0425. The van der Waals surface area contributed by atoms with Gasteiger partial charge < -0.3 is 14.4 Å². The molecule has 0 aromatic carbocycles.